The lowest BCUT2D eigenvalue weighted by Gasteiger charge is -2.12. The highest BCUT2D eigenvalue weighted by Crippen LogP contribution is 2.24. The molecule has 0 bridgehead atoms. The molecule has 1 aromatic rings. The van der Waals surface area contributed by atoms with E-state index in [1.165, 1.54) is 0 Å². The molecule has 0 unspecified atom stereocenters. The van der Waals surface area contributed by atoms with Gasteiger partial charge in [-0.3, -0.25) is 0 Å². The van der Waals surface area contributed by atoms with Gasteiger partial charge >= 0.3 is 0 Å². The highest BCUT2D eigenvalue weighted by molar-refractivity contribution is 6.35. The van der Waals surface area contributed by atoms with E-state index < -0.39 is 0 Å². The molecule has 0 aromatic heterocycles. The number of hydrogen-bond acceptors (Lipinski definition) is 1. The largest absolute Gasteiger partial charge is 0.305 e. The second-order valence-corrected chi connectivity index (χ2v) is 3.75. The van der Waals surface area contributed by atoms with Crippen molar-refractivity contribution in [2.24, 2.45) is 0 Å². The summed E-state index contributed by atoms with van der Waals surface area (Å²) < 4.78 is 0. The van der Waals surface area contributed by atoms with Crippen LogP contribution in [0.2, 0.25) is 10.0 Å². The molecular formula is C9H11Cl2N. The molecule has 1 aromatic carbocycles. The van der Waals surface area contributed by atoms with Crippen molar-refractivity contribution in [1.82, 2.24) is 4.90 Å². The molecule has 12 heavy (non-hydrogen) atoms. The van der Waals surface area contributed by atoms with Crippen molar-refractivity contribution in [3.8, 4) is 0 Å². The van der Waals surface area contributed by atoms with Crippen molar-refractivity contribution < 1.29 is 0 Å². The van der Waals surface area contributed by atoms with E-state index in [0.717, 1.165) is 22.2 Å². The molecule has 0 heterocycles. The molecule has 0 fully saturated rings. The first-order valence-corrected chi connectivity index (χ1v) is 4.44. The first kappa shape index (κ1) is 9.85. The topological polar surface area (TPSA) is 3.24 Å². The van der Waals surface area contributed by atoms with Gasteiger partial charge in [-0.25, -0.2) is 0 Å². The van der Waals surface area contributed by atoms with Crippen LogP contribution in [0, 0.1) is 0 Å². The fourth-order valence-electron chi connectivity index (χ4n) is 1.000. The molecule has 1 nitrogen and oxygen atoms in total. The fraction of sp³-hybridized carbons (Fsp3) is 0.333. The van der Waals surface area contributed by atoms with Crippen molar-refractivity contribution in [2.75, 3.05) is 14.1 Å². The van der Waals surface area contributed by atoms with Crippen LogP contribution in [-0.2, 0) is 6.54 Å². The highest BCUT2D eigenvalue weighted by atomic mass is 35.5. The van der Waals surface area contributed by atoms with E-state index in [-0.39, 0.29) is 0 Å². The van der Waals surface area contributed by atoms with Gasteiger partial charge in [-0.05, 0) is 26.2 Å². The zero-order valence-electron chi connectivity index (χ0n) is 7.14. The summed E-state index contributed by atoms with van der Waals surface area (Å²) in [6.07, 6.45) is 0. The van der Waals surface area contributed by atoms with E-state index in [1.807, 2.05) is 37.2 Å². The van der Waals surface area contributed by atoms with Crippen LogP contribution >= 0.6 is 23.2 Å². The Hall–Kier alpha value is -0.240. The fourth-order valence-corrected chi connectivity index (χ4v) is 1.52. The normalized spacial score (nSPS) is 10.8. The maximum absolute atomic E-state index is 5.96. The molecule has 0 spiro atoms. The molecule has 0 atom stereocenters. The molecule has 0 saturated heterocycles. The van der Waals surface area contributed by atoms with Crippen LogP contribution in [0.4, 0.5) is 0 Å². The Morgan fingerprint density at radius 1 is 1.17 bits per heavy atom. The smallest absolute Gasteiger partial charge is 0.0465 e. The Morgan fingerprint density at radius 2 is 1.67 bits per heavy atom. The first-order chi connectivity index (χ1) is 5.61. The van der Waals surface area contributed by atoms with Crippen molar-refractivity contribution in [3.05, 3.63) is 33.8 Å². The zero-order valence-corrected chi connectivity index (χ0v) is 8.65. The van der Waals surface area contributed by atoms with Gasteiger partial charge in [0.1, 0.15) is 0 Å². The standard InChI is InChI=1S/C9H11Cl2N/c1-12(2)6-7-8(10)4-3-5-9(7)11/h3-5H,6H2,1-2H3. The lowest BCUT2D eigenvalue weighted by Crippen LogP contribution is -2.11. The third-order valence-electron chi connectivity index (χ3n) is 1.54. The van der Waals surface area contributed by atoms with Gasteiger partial charge in [0.05, 0.1) is 0 Å². The molecule has 1 rings (SSSR count). The third-order valence-corrected chi connectivity index (χ3v) is 2.24. The summed E-state index contributed by atoms with van der Waals surface area (Å²) in [5.74, 6) is 0. The first-order valence-electron chi connectivity index (χ1n) is 3.69. The number of rotatable bonds is 2. The summed E-state index contributed by atoms with van der Waals surface area (Å²) in [5, 5.41) is 1.47. The van der Waals surface area contributed by atoms with Gasteiger partial charge in [0.15, 0.2) is 0 Å². The summed E-state index contributed by atoms with van der Waals surface area (Å²) >= 11 is 11.9. The zero-order chi connectivity index (χ0) is 9.14. The highest BCUT2D eigenvalue weighted by Gasteiger charge is 2.05. The molecule has 0 aliphatic rings. The van der Waals surface area contributed by atoms with Crippen LogP contribution in [-0.4, -0.2) is 19.0 Å². The summed E-state index contributed by atoms with van der Waals surface area (Å²) in [7, 11) is 3.97. The predicted molar refractivity (Wildman–Crippen MR) is 53.9 cm³/mol. The summed E-state index contributed by atoms with van der Waals surface area (Å²) in [5.41, 5.74) is 0.992. The SMILES string of the molecule is CN(C)Cc1c(Cl)cccc1Cl. The minimum atomic E-state index is 0.733. The summed E-state index contributed by atoms with van der Waals surface area (Å²) in [6, 6.07) is 5.56. The average Bonchev–Trinajstić information content (AvgIpc) is 1.97. The number of benzene rings is 1. The van der Waals surface area contributed by atoms with Gasteiger partial charge in [-0.2, -0.15) is 0 Å². The molecule has 0 amide bonds. The molecule has 0 radical (unpaired) electrons. The molecule has 0 saturated carbocycles. The second-order valence-electron chi connectivity index (χ2n) is 2.94. The Labute approximate surface area is 82.9 Å². The van der Waals surface area contributed by atoms with Crippen LogP contribution < -0.4 is 0 Å². The monoisotopic (exact) mass is 203 g/mol. The molecule has 0 aliphatic heterocycles. The minimum Gasteiger partial charge on any atom is -0.305 e. The minimum absolute atomic E-state index is 0.733. The molecule has 0 N–H and O–H groups in total. The van der Waals surface area contributed by atoms with Crippen molar-refractivity contribution >= 4 is 23.2 Å². The van der Waals surface area contributed by atoms with Crippen LogP contribution in [0.25, 0.3) is 0 Å². The predicted octanol–water partition coefficient (Wildman–Crippen LogP) is 3.06. The van der Waals surface area contributed by atoms with E-state index in [4.69, 9.17) is 23.2 Å². The van der Waals surface area contributed by atoms with Crippen molar-refractivity contribution in [1.29, 1.82) is 0 Å². The summed E-state index contributed by atoms with van der Waals surface area (Å²) in [6.45, 7) is 0.776. The maximum Gasteiger partial charge on any atom is 0.0465 e. The third kappa shape index (κ3) is 2.37. The van der Waals surface area contributed by atoms with Crippen LogP contribution in [0.3, 0.4) is 0 Å². The van der Waals surface area contributed by atoms with E-state index >= 15 is 0 Å². The Bertz CT molecular complexity index is 251. The van der Waals surface area contributed by atoms with Gasteiger partial charge in [0, 0.05) is 22.2 Å². The molecule has 3 heteroatoms. The molecule has 66 valence electrons. The Morgan fingerprint density at radius 3 is 2.08 bits per heavy atom. The van der Waals surface area contributed by atoms with E-state index in [1.54, 1.807) is 0 Å². The van der Waals surface area contributed by atoms with Crippen molar-refractivity contribution in [3.63, 3.8) is 0 Å². The van der Waals surface area contributed by atoms with Gasteiger partial charge < -0.3 is 4.90 Å². The lowest BCUT2D eigenvalue weighted by atomic mass is 10.2. The lowest BCUT2D eigenvalue weighted by molar-refractivity contribution is 0.402. The van der Waals surface area contributed by atoms with Crippen LogP contribution in [0.15, 0.2) is 18.2 Å². The van der Waals surface area contributed by atoms with Gasteiger partial charge in [0.2, 0.25) is 0 Å². The van der Waals surface area contributed by atoms with Gasteiger partial charge in [-0.1, -0.05) is 29.3 Å². The number of halogens is 2. The van der Waals surface area contributed by atoms with Crippen molar-refractivity contribution in [2.45, 2.75) is 6.54 Å². The Balaban J connectivity index is 2.96. The second kappa shape index (κ2) is 4.13. The van der Waals surface area contributed by atoms with Gasteiger partial charge in [-0.15, -0.1) is 0 Å². The number of nitrogens with zero attached hydrogens (tertiary/aromatic N) is 1. The summed E-state index contributed by atoms with van der Waals surface area (Å²) in [4.78, 5) is 2.03. The van der Waals surface area contributed by atoms with Gasteiger partial charge in [0.25, 0.3) is 0 Å². The van der Waals surface area contributed by atoms with Crippen LogP contribution in [0.5, 0.6) is 0 Å². The quantitative estimate of drug-likeness (QED) is 0.715. The number of hydrogen-bond donors (Lipinski definition) is 0. The van der Waals surface area contributed by atoms with E-state index in [2.05, 4.69) is 0 Å². The Kier molecular flexibility index (Phi) is 3.39. The van der Waals surface area contributed by atoms with E-state index in [9.17, 15) is 0 Å². The molecule has 0 aliphatic carbocycles. The average molecular weight is 204 g/mol. The maximum atomic E-state index is 5.96. The van der Waals surface area contributed by atoms with Crippen LogP contribution in [0.1, 0.15) is 5.56 Å². The molecular weight excluding hydrogens is 193 g/mol. The van der Waals surface area contributed by atoms with E-state index in [0.29, 0.717) is 0 Å².